The van der Waals surface area contributed by atoms with Crippen molar-refractivity contribution in [2.24, 2.45) is 5.92 Å². The van der Waals surface area contributed by atoms with E-state index in [-0.39, 0.29) is 26.8 Å². The molecule has 2 N–H and O–H groups in total. The molecule has 0 unspecified atom stereocenters. The van der Waals surface area contributed by atoms with Crippen LogP contribution >= 0.6 is 15.9 Å². The van der Waals surface area contributed by atoms with Gasteiger partial charge in [0.15, 0.2) is 28.6 Å². The van der Waals surface area contributed by atoms with Crippen molar-refractivity contribution in [1.82, 2.24) is 0 Å². The molecule has 4 aliphatic rings. The van der Waals surface area contributed by atoms with Crippen LogP contribution in [0.4, 0.5) is 0 Å². The Hall–Kier alpha value is -2.04. The summed E-state index contributed by atoms with van der Waals surface area (Å²) >= 11 is 3.55. The van der Waals surface area contributed by atoms with Crippen LogP contribution in [0.25, 0.3) is 0 Å². The van der Waals surface area contributed by atoms with Gasteiger partial charge in [0.1, 0.15) is 0 Å². The molecule has 2 aromatic rings. The van der Waals surface area contributed by atoms with Crippen molar-refractivity contribution in [3.8, 4) is 23.0 Å². The molecule has 0 aromatic heterocycles. The largest absolute Gasteiger partial charge is 0.454 e. The van der Waals surface area contributed by atoms with Gasteiger partial charge in [0.2, 0.25) is 19.4 Å². The summed E-state index contributed by atoms with van der Waals surface area (Å²) in [6.45, 7) is 0.312. The molecule has 8 nitrogen and oxygen atoms in total. The Bertz CT molecular complexity index is 1010. The normalized spacial score (nSPS) is 33.9. The number of ether oxygens (including phenoxy) is 6. The Morgan fingerprint density at radius 2 is 1.59 bits per heavy atom. The van der Waals surface area contributed by atoms with Crippen LogP contribution in [0.2, 0.25) is 0 Å². The van der Waals surface area contributed by atoms with E-state index in [0.717, 1.165) is 10.0 Å². The molecule has 152 valence electrons. The van der Waals surface area contributed by atoms with Gasteiger partial charge < -0.3 is 38.6 Å². The highest BCUT2D eigenvalue weighted by Crippen LogP contribution is 2.57. The Kier molecular flexibility index (Phi) is 3.67. The van der Waals surface area contributed by atoms with E-state index in [2.05, 4.69) is 15.9 Å². The SMILES string of the molecule is O[C@]12CO[C@H](c3cc4c(cc3Br)OCO4)[C@H]1CO[C@]2(O)c1ccc2c(c1)OCO2. The molecular formula is C20H17BrO8. The van der Waals surface area contributed by atoms with Crippen LogP contribution in [0, 0.1) is 5.92 Å². The van der Waals surface area contributed by atoms with Crippen molar-refractivity contribution in [1.29, 1.82) is 0 Å². The summed E-state index contributed by atoms with van der Waals surface area (Å²) in [4.78, 5) is 0. The second kappa shape index (κ2) is 5.99. The second-order valence-electron chi connectivity index (χ2n) is 7.51. The van der Waals surface area contributed by atoms with Gasteiger partial charge in [-0.15, -0.1) is 0 Å². The minimum atomic E-state index is -1.93. The summed E-state index contributed by atoms with van der Waals surface area (Å²) in [5, 5.41) is 22.9. The third-order valence-corrected chi connectivity index (χ3v) is 6.77. The molecule has 2 saturated heterocycles. The molecule has 4 heterocycles. The van der Waals surface area contributed by atoms with Gasteiger partial charge in [-0.2, -0.15) is 0 Å². The van der Waals surface area contributed by atoms with E-state index in [1.165, 1.54) is 0 Å². The van der Waals surface area contributed by atoms with E-state index in [0.29, 0.717) is 28.6 Å². The minimum Gasteiger partial charge on any atom is -0.454 e. The zero-order valence-corrected chi connectivity index (χ0v) is 16.7. The molecule has 4 aliphatic heterocycles. The number of benzene rings is 2. The molecule has 9 heteroatoms. The van der Waals surface area contributed by atoms with Crippen molar-refractivity contribution >= 4 is 15.9 Å². The number of hydrogen-bond acceptors (Lipinski definition) is 8. The Morgan fingerprint density at radius 3 is 2.38 bits per heavy atom. The maximum atomic E-state index is 11.5. The highest BCUT2D eigenvalue weighted by atomic mass is 79.9. The number of halogens is 1. The van der Waals surface area contributed by atoms with Gasteiger partial charge in [-0.05, 0) is 35.9 Å². The highest BCUT2D eigenvalue weighted by molar-refractivity contribution is 9.10. The fraction of sp³-hybridized carbons (Fsp3) is 0.400. The molecule has 0 aliphatic carbocycles. The molecule has 0 radical (unpaired) electrons. The standard InChI is InChI=1S/C20H17BrO8/c21-13-5-17-16(27-9-28-17)4-11(13)18-12-6-29-20(23,19(12,22)7-24-18)10-1-2-14-15(3-10)26-8-25-14/h1-5,12,18,22-23H,6-9H2/t12-,18-,19-,20-/m1/s1. The van der Waals surface area contributed by atoms with Crippen LogP contribution in [-0.4, -0.2) is 42.6 Å². The first-order valence-electron chi connectivity index (χ1n) is 9.19. The quantitative estimate of drug-likeness (QED) is 0.698. The number of hydrogen-bond donors (Lipinski definition) is 2. The Labute approximate surface area is 174 Å². The predicted molar refractivity (Wildman–Crippen MR) is 99.8 cm³/mol. The first-order valence-corrected chi connectivity index (χ1v) is 9.98. The zero-order chi connectivity index (χ0) is 19.8. The van der Waals surface area contributed by atoms with Crippen molar-refractivity contribution in [2.75, 3.05) is 26.8 Å². The molecule has 2 fully saturated rings. The van der Waals surface area contributed by atoms with Gasteiger partial charge in [0.25, 0.3) is 0 Å². The number of aliphatic hydroxyl groups is 2. The van der Waals surface area contributed by atoms with Crippen LogP contribution in [-0.2, 0) is 15.3 Å². The van der Waals surface area contributed by atoms with Gasteiger partial charge in [0.05, 0.1) is 19.3 Å². The van der Waals surface area contributed by atoms with Crippen LogP contribution in [0.5, 0.6) is 23.0 Å². The predicted octanol–water partition coefficient (Wildman–Crippen LogP) is 2.20. The molecule has 0 saturated carbocycles. The average Bonchev–Trinajstić information content (AvgIpc) is 3.46. The fourth-order valence-electron chi connectivity index (χ4n) is 4.50. The summed E-state index contributed by atoms with van der Waals surface area (Å²) in [7, 11) is 0. The van der Waals surface area contributed by atoms with E-state index in [4.69, 9.17) is 28.4 Å². The fourth-order valence-corrected chi connectivity index (χ4v) is 5.05. The van der Waals surface area contributed by atoms with Crippen molar-refractivity contribution in [3.05, 3.63) is 45.9 Å². The van der Waals surface area contributed by atoms with Crippen molar-refractivity contribution in [2.45, 2.75) is 17.5 Å². The first kappa shape index (κ1) is 17.8. The average molecular weight is 465 g/mol. The summed E-state index contributed by atoms with van der Waals surface area (Å²) in [6.07, 6.45) is -0.494. The van der Waals surface area contributed by atoms with Gasteiger partial charge >= 0.3 is 0 Å². The topological polar surface area (TPSA) is 95.8 Å². The first-order chi connectivity index (χ1) is 14.0. The molecular weight excluding hydrogens is 448 g/mol. The van der Waals surface area contributed by atoms with Gasteiger partial charge in [-0.1, -0.05) is 15.9 Å². The minimum absolute atomic E-state index is 0.0891. The lowest BCUT2D eigenvalue weighted by atomic mass is 9.78. The summed E-state index contributed by atoms with van der Waals surface area (Å²) < 4.78 is 34.2. The lowest BCUT2D eigenvalue weighted by molar-refractivity contribution is -0.268. The van der Waals surface area contributed by atoms with Gasteiger partial charge in [0, 0.05) is 16.0 Å². The molecule has 2 aromatic carbocycles. The zero-order valence-electron chi connectivity index (χ0n) is 15.1. The monoisotopic (exact) mass is 464 g/mol. The van der Waals surface area contributed by atoms with Crippen LogP contribution < -0.4 is 18.9 Å². The van der Waals surface area contributed by atoms with Gasteiger partial charge in [-0.25, -0.2) is 0 Å². The Morgan fingerprint density at radius 1 is 0.897 bits per heavy atom. The smallest absolute Gasteiger partial charge is 0.231 e. The number of fused-ring (bicyclic) bond motifs is 3. The van der Waals surface area contributed by atoms with Crippen LogP contribution in [0.3, 0.4) is 0 Å². The molecule has 0 amide bonds. The molecule has 29 heavy (non-hydrogen) atoms. The lowest BCUT2D eigenvalue weighted by Gasteiger charge is -2.35. The lowest BCUT2D eigenvalue weighted by Crippen LogP contribution is -2.52. The van der Waals surface area contributed by atoms with Crippen LogP contribution in [0.15, 0.2) is 34.8 Å². The number of rotatable bonds is 2. The third kappa shape index (κ3) is 2.33. The summed E-state index contributed by atoms with van der Waals surface area (Å²) in [5.74, 6) is -0.0737. The highest BCUT2D eigenvalue weighted by Gasteiger charge is 2.67. The van der Waals surface area contributed by atoms with E-state index in [1.807, 2.05) is 12.1 Å². The Balaban J connectivity index is 1.37. The molecule has 4 atom stereocenters. The van der Waals surface area contributed by atoms with E-state index in [1.54, 1.807) is 18.2 Å². The summed E-state index contributed by atoms with van der Waals surface area (Å²) in [6, 6.07) is 8.64. The van der Waals surface area contributed by atoms with Crippen LogP contribution in [0.1, 0.15) is 17.2 Å². The van der Waals surface area contributed by atoms with E-state index >= 15 is 0 Å². The van der Waals surface area contributed by atoms with Crippen molar-refractivity contribution < 1.29 is 38.6 Å². The molecule has 6 rings (SSSR count). The third-order valence-electron chi connectivity index (χ3n) is 6.08. The van der Waals surface area contributed by atoms with Gasteiger partial charge in [-0.3, -0.25) is 0 Å². The maximum absolute atomic E-state index is 11.5. The maximum Gasteiger partial charge on any atom is 0.231 e. The van der Waals surface area contributed by atoms with E-state index in [9.17, 15) is 10.2 Å². The second-order valence-corrected chi connectivity index (χ2v) is 8.37. The van der Waals surface area contributed by atoms with E-state index < -0.39 is 23.4 Å². The summed E-state index contributed by atoms with van der Waals surface area (Å²) in [5.41, 5.74) is -0.448. The molecule has 0 spiro atoms. The molecule has 0 bridgehead atoms. The van der Waals surface area contributed by atoms with Crippen molar-refractivity contribution in [3.63, 3.8) is 0 Å².